The van der Waals surface area contributed by atoms with Crippen LogP contribution in [0.2, 0.25) is 0 Å². The molecule has 0 atom stereocenters. The summed E-state index contributed by atoms with van der Waals surface area (Å²) in [5, 5.41) is 33.8. The topological polar surface area (TPSA) is 121 Å². The lowest BCUT2D eigenvalue weighted by Gasteiger charge is -2.35. The quantitative estimate of drug-likeness (QED) is 0.430. The van der Waals surface area contributed by atoms with Crippen molar-refractivity contribution in [2.75, 3.05) is 13.2 Å². The molecule has 0 aliphatic carbocycles. The molecular weight excluding hydrogens is 392 g/mol. The Hall–Kier alpha value is -2.22. The summed E-state index contributed by atoms with van der Waals surface area (Å²) < 4.78 is 98.4. The van der Waals surface area contributed by atoms with Crippen LogP contribution in [-0.2, 0) is 9.59 Å². The first-order valence-electron chi connectivity index (χ1n) is 5.81. The fourth-order valence-electron chi connectivity index (χ4n) is 0.658. The van der Waals surface area contributed by atoms with Gasteiger partial charge in [-0.15, -0.1) is 0 Å². The summed E-state index contributed by atoms with van der Waals surface area (Å²) in [6.45, 7) is 0.318. The number of halogens is 8. The average molecular weight is 404 g/mol. The molecule has 0 aliphatic heterocycles. The molecule has 0 amide bonds. The zero-order valence-corrected chi connectivity index (χ0v) is 12.5. The van der Waals surface area contributed by atoms with Crippen molar-refractivity contribution >= 4 is 11.9 Å². The first-order valence-corrected chi connectivity index (χ1v) is 5.81. The molecule has 0 aromatic rings. The monoisotopic (exact) mass is 404 g/mol. The molecule has 0 rings (SSSR count). The van der Waals surface area contributed by atoms with Crippen LogP contribution in [-0.4, -0.2) is 59.1 Å². The van der Waals surface area contributed by atoms with Gasteiger partial charge in [0, 0.05) is 0 Å². The number of carbonyl (C=O) groups is 2. The molecule has 0 unspecified atom stereocenters. The molecule has 0 saturated heterocycles. The molecule has 6 nitrogen and oxygen atoms in total. The van der Waals surface area contributed by atoms with E-state index in [1.807, 2.05) is 0 Å². The van der Waals surface area contributed by atoms with Crippen LogP contribution in [0, 0.1) is 0 Å². The van der Waals surface area contributed by atoms with E-state index in [2.05, 4.69) is 13.2 Å². The van der Waals surface area contributed by atoms with E-state index in [-0.39, 0.29) is 0 Å². The van der Waals surface area contributed by atoms with Gasteiger partial charge in [-0.3, -0.25) is 0 Å². The number of aliphatic hydroxyl groups is 2. The highest BCUT2D eigenvalue weighted by atomic mass is 19.4. The Morgan fingerprint density at radius 3 is 0.962 bits per heavy atom. The fraction of sp³-hybridized carbons (Fsp3) is 0.500. The zero-order valence-electron chi connectivity index (χ0n) is 12.5. The second kappa shape index (κ2) is 10.7. The van der Waals surface area contributed by atoms with E-state index in [0.717, 1.165) is 12.2 Å². The largest absolute Gasteiger partial charge is 0.545 e. The molecule has 0 aliphatic rings. The van der Waals surface area contributed by atoms with Gasteiger partial charge < -0.3 is 30.0 Å². The lowest BCUT2D eigenvalue weighted by Crippen LogP contribution is -2.64. The van der Waals surface area contributed by atoms with Crippen LogP contribution in [0.5, 0.6) is 0 Å². The lowest BCUT2D eigenvalue weighted by atomic mass is 9.99. The van der Waals surface area contributed by atoms with E-state index in [1.54, 1.807) is 0 Å². The van der Waals surface area contributed by atoms with Gasteiger partial charge in [0.15, 0.2) is 0 Å². The maximum Gasteiger partial charge on any atom is 0.380 e. The van der Waals surface area contributed by atoms with Gasteiger partial charge in [0.2, 0.25) is 0 Å². The molecule has 14 heteroatoms. The highest BCUT2D eigenvalue weighted by Gasteiger charge is 2.80. The maximum atomic E-state index is 12.4. The van der Waals surface area contributed by atoms with Crippen LogP contribution in [0.3, 0.4) is 0 Å². The van der Waals surface area contributed by atoms with Crippen LogP contribution in [0.4, 0.5) is 35.1 Å². The number of carboxylic acid groups (broad SMARTS) is 2. The maximum absolute atomic E-state index is 12.4. The Morgan fingerprint density at radius 1 is 0.731 bits per heavy atom. The number of aliphatic carboxylic acids is 2. The minimum atomic E-state index is -6.50. The van der Waals surface area contributed by atoms with Crippen molar-refractivity contribution in [1.82, 2.24) is 0 Å². The summed E-state index contributed by atoms with van der Waals surface area (Å²) in [4.78, 5) is 18.3. The molecule has 0 bridgehead atoms. The van der Waals surface area contributed by atoms with Crippen molar-refractivity contribution in [2.24, 2.45) is 0 Å². The molecule has 0 fully saturated rings. The molecule has 26 heavy (non-hydrogen) atoms. The van der Waals surface area contributed by atoms with Gasteiger partial charge >= 0.3 is 23.7 Å². The molecule has 0 spiro atoms. The molecule has 154 valence electrons. The number of carboxylic acids is 2. The van der Waals surface area contributed by atoms with Crippen molar-refractivity contribution in [1.29, 1.82) is 0 Å². The van der Waals surface area contributed by atoms with Crippen molar-refractivity contribution in [3.05, 3.63) is 25.3 Å². The van der Waals surface area contributed by atoms with Gasteiger partial charge in [-0.1, -0.05) is 13.2 Å². The molecule has 0 aromatic heterocycles. The van der Waals surface area contributed by atoms with E-state index in [1.165, 1.54) is 0 Å². The molecule has 0 saturated carbocycles. The van der Waals surface area contributed by atoms with Gasteiger partial charge in [-0.05, 0) is 12.2 Å². The summed E-state index contributed by atoms with van der Waals surface area (Å²) >= 11 is 0. The van der Waals surface area contributed by atoms with Gasteiger partial charge in [0.25, 0.3) is 0 Å². The molecule has 0 heterocycles. The summed E-state index contributed by atoms with van der Waals surface area (Å²) in [5.41, 5.74) is 0. The van der Waals surface area contributed by atoms with Crippen molar-refractivity contribution in [3.8, 4) is 0 Å². The van der Waals surface area contributed by atoms with Crippen molar-refractivity contribution in [3.63, 3.8) is 0 Å². The number of hydrogen-bond donors (Lipinski definition) is 2. The molecule has 0 radical (unpaired) electrons. The number of carbonyl (C=O) groups excluding carboxylic acids is 2. The highest BCUT2D eigenvalue weighted by Crippen LogP contribution is 2.52. The minimum absolute atomic E-state index is 0.722. The number of aliphatic hydroxyl groups excluding tert-OH is 2. The van der Waals surface area contributed by atoms with Crippen molar-refractivity contribution in [2.45, 2.75) is 23.7 Å². The van der Waals surface area contributed by atoms with Crippen LogP contribution >= 0.6 is 0 Å². The number of rotatable bonds is 7. The van der Waals surface area contributed by atoms with Crippen LogP contribution < -0.4 is 10.2 Å². The highest BCUT2D eigenvalue weighted by molar-refractivity contribution is 5.76. The predicted molar refractivity (Wildman–Crippen MR) is 64.4 cm³/mol. The van der Waals surface area contributed by atoms with E-state index in [0.29, 0.717) is 0 Å². The average Bonchev–Trinajstić information content (AvgIpc) is 2.55. The van der Waals surface area contributed by atoms with Crippen molar-refractivity contribution < 1.29 is 65.1 Å². The normalized spacial score (nSPS) is 11.9. The lowest BCUT2D eigenvalue weighted by molar-refractivity contribution is -0.373. The minimum Gasteiger partial charge on any atom is -0.545 e. The standard InChI is InChI=1S/C6H6F8O2.2C3H4O2/c7-3(8,1-15)5(11,12)6(13,14)4(9,10)2-16;2*1-2-3(4)5/h15-16H,1-2H2;2*2H,1H2,(H,4,5)/p-2. The first-order chi connectivity index (χ1) is 11.4. The van der Waals surface area contributed by atoms with Gasteiger partial charge in [0.1, 0.15) is 13.2 Å². The van der Waals surface area contributed by atoms with E-state index in [4.69, 9.17) is 30.0 Å². The zero-order chi connectivity index (χ0) is 22.0. The fourth-order valence-corrected chi connectivity index (χ4v) is 0.658. The van der Waals surface area contributed by atoms with Gasteiger partial charge in [0.05, 0.1) is 11.9 Å². The Balaban J connectivity index is -0.000000433. The Morgan fingerprint density at radius 2 is 0.885 bits per heavy atom. The summed E-state index contributed by atoms with van der Waals surface area (Å²) in [7, 11) is 0. The summed E-state index contributed by atoms with van der Waals surface area (Å²) in [6.07, 6.45) is 1.44. The van der Waals surface area contributed by atoms with Crippen LogP contribution in [0.25, 0.3) is 0 Å². The van der Waals surface area contributed by atoms with Gasteiger partial charge in [-0.2, -0.15) is 35.1 Å². The molecule has 0 aromatic carbocycles. The third-order valence-electron chi connectivity index (χ3n) is 2.04. The number of alkyl halides is 8. The first kappa shape index (κ1) is 28.6. The van der Waals surface area contributed by atoms with Gasteiger partial charge in [-0.25, -0.2) is 0 Å². The SMILES string of the molecule is C=CC(=O)[O-].C=CC(=O)[O-].OCC(F)(F)C(F)(F)C(F)(F)C(F)(F)CO. The molecular formula is C12H12F8O6-2. The third kappa shape index (κ3) is 7.77. The predicted octanol–water partition coefficient (Wildman–Crippen LogP) is -0.643. The summed E-state index contributed by atoms with van der Waals surface area (Å²) in [6, 6.07) is 0. The summed E-state index contributed by atoms with van der Waals surface area (Å²) in [5.74, 6) is -26.9. The van der Waals surface area contributed by atoms with E-state index in [9.17, 15) is 35.1 Å². The molecule has 2 N–H and O–H groups in total. The third-order valence-corrected chi connectivity index (χ3v) is 2.04. The van der Waals surface area contributed by atoms with Crippen LogP contribution in [0.1, 0.15) is 0 Å². The number of hydrogen-bond acceptors (Lipinski definition) is 6. The Labute approximate surface area is 140 Å². The second-order valence-corrected chi connectivity index (χ2v) is 3.92. The van der Waals surface area contributed by atoms with E-state index < -0.39 is 48.8 Å². The Kier molecular flexibility index (Phi) is 11.8. The second-order valence-electron chi connectivity index (χ2n) is 3.92. The van der Waals surface area contributed by atoms with Crippen LogP contribution in [0.15, 0.2) is 25.3 Å². The smallest absolute Gasteiger partial charge is 0.380 e. The Bertz CT molecular complexity index is 448. The van der Waals surface area contributed by atoms with E-state index >= 15 is 0 Å².